The van der Waals surface area contributed by atoms with E-state index in [0.717, 1.165) is 16.7 Å². The van der Waals surface area contributed by atoms with Crippen LogP contribution in [0.25, 0.3) is 11.1 Å². The molecule has 0 spiro atoms. The summed E-state index contributed by atoms with van der Waals surface area (Å²) in [6.45, 7) is 1.99. The van der Waals surface area contributed by atoms with Gasteiger partial charge in [-0.25, -0.2) is 0 Å². The number of primary amides is 1. The second-order valence-corrected chi connectivity index (χ2v) is 4.78. The average molecular weight is 285 g/mol. The Kier molecular flexibility index (Phi) is 4.60. The predicted octanol–water partition coefficient (Wildman–Crippen LogP) is 3.17. The highest BCUT2D eigenvalue weighted by Crippen LogP contribution is 2.28. The van der Waals surface area contributed by atoms with Crippen LogP contribution in [0.3, 0.4) is 0 Å². The molecule has 2 N–H and O–H groups in total. The van der Waals surface area contributed by atoms with Gasteiger partial charge in [-0.05, 0) is 41.8 Å². The lowest BCUT2D eigenvalue weighted by Gasteiger charge is -2.12. The molecule has 110 valence electrons. The fourth-order valence-corrected chi connectivity index (χ4v) is 2.19. The zero-order chi connectivity index (χ0) is 15.4. The van der Waals surface area contributed by atoms with Crippen LogP contribution in [-0.4, -0.2) is 20.1 Å². The Hall–Kier alpha value is -2.33. The van der Waals surface area contributed by atoms with Crippen molar-refractivity contribution >= 4 is 5.91 Å². The molecule has 0 radical (unpaired) electrons. The minimum Gasteiger partial charge on any atom is -0.496 e. The Balaban J connectivity index is 2.47. The minimum absolute atomic E-state index is 0.0128. The minimum atomic E-state index is -0.505. The fourth-order valence-electron chi connectivity index (χ4n) is 2.19. The molecule has 0 bridgehead atoms. The number of rotatable bonds is 5. The molecule has 4 nitrogen and oxygen atoms in total. The van der Waals surface area contributed by atoms with Gasteiger partial charge in [0.1, 0.15) is 5.75 Å². The van der Waals surface area contributed by atoms with E-state index in [1.54, 1.807) is 19.2 Å². The third-order valence-electron chi connectivity index (χ3n) is 3.51. The van der Waals surface area contributed by atoms with Crippen molar-refractivity contribution in [1.29, 1.82) is 0 Å². The standard InChI is InChI=1S/C17H19NO3/c1-11(20-2)12-5-4-6-13(9-12)14-7-8-16(21-3)15(10-14)17(18)19/h4-11H,1-3H3,(H2,18,19)/t11-/m1/s1. The molecular formula is C17H19NO3. The van der Waals surface area contributed by atoms with Gasteiger partial charge in [0, 0.05) is 7.11 Å². The number of carbonyl (C=O) groups excluding carboxylic acids is 1. The summed E-state index contributed by atoms with van der Waals surface area (Å²) >= 11 is 0. The monoisotopic (exact) mass is 285 g/mol. The van der Waals surface area contributed by atoms with E-state index in [1.165, 1.54) is 7.11 Å². The van der Waals surface area contributed by atoms with Gasteiger partial charge in [0.05, 0.1) is 18.8 Å². The summed E-state index contributed by atoms with van der Waals surface area (Å²) in [5, 5.41) is 0. The molecule has 2 aromatic rings. The van der Waals surface area contributed by atoms with Crippen LogP contribution < -0.4 is 10.5 Å². The Morgan fingerprint density at radius 2 is 1.81 bits per heavy atom. The Morgan fingerprint density at radius 1 is 1.10 bits per heavy atom. The molecule has 0 heterocycles. The molecule has 0 saturated carbocycles. The van der Waals surface area contributed by atoms with Crippen molar-refractivity contribution in [3.8, 4) is 16.9 Å². The molecule has 2 aromatic carbocycles. The van der Waals surface area contributed by atoms with E-state index in [2.05, 4.69) is 0 Å². The van der Waals surface area contributed by atoms with Gasteiger partial charge in [0.25, 0.3) is 5.91 Å². The number of benzene rings is 2. The third kappa shape index (κ3) is 3.23. The van der Waals surface area contributed by atoms with E-state index >= 15 is 0 Å². The van der Waals surface area contributed by atoms with Gasteiger partial charge in [-0.1, -0.05) is 24.3 Å². The van der Waals surface area contributed by atoms with Gasteiger partial charge in [-0.2, -0.15) is 0 Å². The zero-order valence-electron chi connectivity index (χ0n) is 12.4. The number of ether oxygens (including phenoxy) is 2. The smallest absolute Gasteiger partial charge is 0.252 e. The maximum absolute atomic E-state index is 11.5. The number of nitrogens with two attached hydrogens (primary N) is 1. The van der Waals surface area contributed by atoms with Crippen LogP contribution in [0.15, 0.2) is 42.5 Å². The second kappa shape index (κ2) is 6.41. The number of hydrogen-bond acceptors (Lipinski definition) is 3. The van der Waals surface area contributed by atoms with E-state index in [9.17, 15) is 4.79 Å². The van der Waals surface area contributed by atoms with Crippen LogP contribution in [0.4, 0.5) is 0 Å². The van der Waals surface area contributed by atoms with Crippen molar-refractivity contribution in [2.75, 3.05) is 14.2 Å². The molecule has 2 rings (SSSR count). The molecule has 0 aliphatic heterocycles. The third-order valence-corrected chi connectivity index (χ3v) is 3.51. The average Bonchev–Trinajstić information content (AvgIpc) is 2.53. The van der Waals surface area contributed by atoms with Crippen molar-refractivity contribution in [2.24, 2.45) is 5.73 Å². The lowest BCUT2D eigenvalue weighted by atomic mass is 9.99. The maximum atomic E-state index is 11.5. The first-order chi connectivity index (χ1) is 10.1. The van der Waals surface area contributed by atoms with E-state index < -0.39 is 5.91 Å². The molecule has 1 amide bonds. The summed E-state index contributed by atoms with van der Waals surface area (Å²) in [5.74, 6) is -0.0252. The van der Waals surface area contributed by atoms with E-state index in [1.807, 2.05) is 37.3 Å². The van der Waals surface area contributed by atoms with Crippen LogP contribution in [0.1, 0.15) is 28.9 Å². The van der Waals surface area contributed by atoms with Crippen molar-refractivity contribution in [3.05, 3.63) is 53.6 Å². The SMILES string of the molecule is COc1ccc(-c2cccc([C@@H](C)OC)c2)cc1C(N)=O. The lowest BCUT2D eigenvalue weighted by molar-refractivity contribution is 0.0997. The number of amides is 1. The highest BCUT2D eigenvalue weighted by molar-refractivity contribution is 5.97. The van der Waals surface area contributed by atoms with Crippen LogP contribution in [-0.2, 0) is 4.74 Å². The molecule has 4 heteroatoms. The largest absolute Gasteiger partial charge is 0.496 e. The molecule has 21 heavy (non-hydrogen) atoms. The Morgan fingerprint density at radius 3 is 2.43 bits per heavy atom. The first-order valence-corrected chi connectivity index (χ1v) is 6.67. The van der Waals surface area contributed by atoms with Gasteiger partial charge in [0.2, 0.25) is 0 Å². The summed E-state index contributed by atoms with van der Waals surface area (Å²) in [4.78, 5) is 11.5. The van der Waals surface area contributed by atoms with Crippen LogP contribution in [0, 0.1) is 0 Å². The molecule has 0 aliphatic rings. The van der Waals surface area contributed by atoms with Gasteiger partial charge >= 0.3 is 0 Å². The summed E-state index contributed by atoms with van der Waals surface area (Å²) in [6.07, 6.45) is 0.0128. The predicted molar refractivity (Wildman–Crippen MR) is 82.4 cm³/mol. The number of hydrogen-bond donors (Lipinski definition) is 1. The summed E-state index contributed by atoms with van der Waals surface area (Å²) in [6, 6.07) is 13.4. The molecule has 1 atom stereocenters. The van der Waals surface area contributed by atoms with Gasteiger partial charge in [0.15, 0.2) is 0 Å². The summed E-state index contributed by atoms with van der Waals surface area (Å²) in [7, 11) is 3.19. The van der Waals surface area contributed by atoms with E-state index in [4.69, 9.17) is 15.2 Å². The summed E-state index contributed by atoms with van der Waals surface area (Å²) in [5.41, 5.74) is 8.76. The topological polar surface area (TPSA) is 61.6 Å². The Bertz CT molecular complexity index is 652. The maximum Gasteiger partial charge on any atom is 0.252 e. The van der Waals surface area contributed by atoms with Crippen molar-refractivity contribution in [2.45, 2.75) is 13.0 Å². The molecular weight excluding hydrogens is 266 g/mol. The molecule has 0 aromatic heterocycles. The van der Waals surface area contributed by atoms with Crippen molar-refractivity contribution < 1.29 is 14.3 Å². The lowest BCUT2D eigenvalue weighted by Crippen LogP contribution is -2.12. The van der Waals surface area contributed by atoms with E-state index in [-0.39, 0.29) is 6.10 Å². The molecule has 0 unspecified atom stereocenters. The van der Waals surface area contributed by atoms with Crippen LogP contribution >= 0.6 is 0 Å². The highest BCUT2D eigenvalue weighted by atomic mass is 16.5. The first kappa shape index (κ1) is 15.1. The Labute approximate surface area is 124 Å². The van der Waals surface area contributed by atoms with Crippen molar-refractivity contribution in [3.63, 3.8) is 0 Å². The zero-order valence-corrected chi connectivity index (χ0v) is 12.4. The van der Waals surface area contributed by atoms with Gasteiger partial charge in [-0.15, -0.1) is 0 Å². The van der Waals surface area contributed by atoms with Gasteiger partial charge < -0.3 is 15.2 Å². The normalized spacial score (nSPS) is 12.0. The summed E-state index contributed by atoms with van der Waals surface area (Å²) < 4.78 is 10.5. The van der Waals surface area contributed by atoms with E-state index in [0.29, 0.717) is 11.3 Å². The van der Waals surface area contributed by atoms with Crippen molar-refractivity contribution in [1.82, 2.24) is 0 Å². The van der Waals surface area contributed by atoms with Gasteiger partial charge in [-0.3, -0.25) is 4.79 Å². The first-order valence-electron chi connectivity index (χ1n) is 6.67. The number of methoxy groups -OCH3 is 2. The molecule has 0 saturated heterocycles. The van der Waals surface area contributed by atoms with Crippen LogP contribution in [0.2, 0.25) is 0 Å². The quantitative estimate of drug-likeness (QED) is 0.917. The fraction of sp³-hybridized carbons (Fsp3) is 0.235. The second-order valence-electron chi connectivity index (χ2n) is 4.78. The number of carbonyl (C=O) groups is 1. The highest BCUT2D eigenvalue weighted by Gasteiger charge is 2.11. The van der Waals surface area contributed by atoms with Crippen LogP contribution in [0.5, 0.6) is 5.75 Å². The molecule has 0 fully saturated rings. The molecule has 0 aliphatic carbocycles.